The van der Waals surface area contributed by atoms with Crippen molar-refractivity contribution in [3.8, 4) is 5.75 Å². The number of aromatic carboxylic acids is 1. The molecule has 3 aromatic carbocycles. The molecule has 3 aromatic rings. The molecule has 0 aromatic heterocycles. The fourth-order valence-electron chi connectivity index (χ4n) is 3.93. The highest BCUT2D eigenvalue weighted by Crippen LogP contribution is 2.40. The third-order valence-electron chi connectivity index (χ3n) is 5.71. The van der Waals surface area contributed by atoms with Gasteiger partial charge in [-0.25, -0.2) is 17.6 Å². The van der Waals surface area contributed by atoms with E-state index in [2.05, 4.69) is 5.32 Å². The number of carbonyl (C=O) groups excluding carboxylic acids is 1. The summed E-state index contributed by atoms with van der Waals surface area (Å²) in [6.07, 6.45) is -4.56. The summed E-state index contributed by atoms with van der Waals surface area (Å²) >= 11 is 0. The number of hydrogen-bond donors (Lipinski definition) is 2. The molecule has 8 nitrogen and oxygen atoms in total. The molecule has 194 valence electrons. The van der Waals surface area contributed by atoms with Crippen LogP contribution in [-0.2, 0) is 22.6 Å². The minimum atomic E-state index is -4.74. The Balaban J connectivity index is 1.70. The summed E-state index contributed by atoms with van der Waals surface area (Å²) in [6.45, 7) is -0.1000. The van der Waals surface area contributed by atoms with E-state index in [0.29, 0.717) is 11.6 Å². The molecule has 1 amide bonds. The predicted octanol–water partition coefficient (Wildman–Crippen LogP) is 4.56. The normalized spacial score (nSPS) is 13.3. The van der Waals surface area contributed by atoms with Crippen molar-refractivity contribution in [1.82, 2.24) is 0 Å². The minimum absolute atomic E-state index is 0.0503. The molecule has 2 N–H and O–H groups in total. The quantitative estimate of drug-likeness (QED) is 0.445. The van der Waals surface area contributed by atoms with E-state index < -0.39 is 49.9 Å². The topological polar surface area (TPSA) is 113 Å². The van der Waals surface area contributed by atoms with Crippen LogP contribution < -0.4 is 14.4 Å². The van der Waals surface area contributed by atoms with E-state index in [1.165, 1.54) is 25.3 Å². The summed E-state index contributed by atoms with van der Waals surface area (Å²) in [5.74, 6) is -3.17. The van der Waals surface area contributed by atoms with Gasteiger partial charge in [0.15, 0.2) is 0 Å². The van der Waals surface area contributed by atoms with Crippen molar-refractivity contribution < 1.29 is 45.4 Å². The lowest BCUT2D eigenvalue weighted by atomic mass is 10.1. The zero-order chi connectivity index (χ0) is 27.1. The number of benzene rings is 3. The van der Waals surface area contributed by atoms with Crippen molar-refractivity contribution in [3.05, 3.63) is 82.7 Å². The Morgan fingerprint density at radius 1 is 1.08 bits per heavy atom. The van der Waals surface area contributed by atoms with Crippen LogP contribution in [0.15, 0.2) is 59.5 Å². The number of amides is 1. The standard InChI is InChI=1S/C24H18F4N2O6S/c1-36-21-10-13(22(31)29-15-5-6-17(23(32)33)19(25)12-15)9-20-18(21)7-8-30(20)37(34,35)16-4-2-3-14(11-16)24(26,27)28/h2-6,9-12H,7-8H2,1H3,(H,29,31)(H,32,33). The van der Waals surface area contributed by atoms with Crippen molar-refractivity contribution >= 4 is 33.3 Å². The van der Waals surface area contributed by atoms with Crippen LogP contribution in [0.25, 0.3) is 0 Å². The van der Waals surface area contributed by atoms with E-state index in [0.717, 1.165) is 34.6 Å². The summed E-state index contributed by atoms with van der Waals surface area (Å²) in [4.78, 5) is 23.3. The van der Waals surface area contributed by atoms with Crippen LogP contribution in [0.3, 0.4) is 0 Å². The van der Waals surface area contributed by atoms with Crippen molar-refractivity contribution in [2.75, 3.05) is 23.3 Å². The first-order chi connectivity index (χ1) is 17.3. The Morgan fingerprint density at radius 2 is 1.81 bits per heavy atom. The minimum Gasteiger partial charge on any atom is -0.496 e. The number of methoxy groups -OCH3 is 1. The SMILES string of the molecule is COc1cc(C(=O)Nc2ccc(C(=O)O)c(F)c2)cc2c1CCN2S(=O)(=O)c1cccc(C(F)(F)F)c1. The summed E-state index contributed by atoms with van der Waals surface area (Å²) < 4.78 is 86.3. The molecule has 0 radical (unpaired) electrons. The Morgan fingerprint density at radius 3 is 2.43 bits per heavy atom. The van der Waals surface area contributed by atoms with E-state index >= 15 is 0 Å². The maximum atomic E-state index is 14.0. The lowest BCUT2D eigenvalue weighted by Gasteiger charge is -2.21. The summed E-state index contributed by atoms with van der Waals surface area (Å²) in [7, 11) is -3.13. The molecule has 0 saturated carbocycles. The Labute approximate surface area is 208 Å². The van der Waals surface area contributed by atoms with Gasteiger partial charge in [-0.3, -0.25) is 9.10 Å². The molecule has 13 heteroatoms. The van der Waals surface area contributed by atoms with Gasteiger partial charge in [-0.05, 0) is 55.0 Å². The molecule has 1 aliphatic rings. The van der Waals surface area contributed by atoms with E-state index in [4.69, 9.17) is 9.84 Å². The van der Waals surface area contributed by atoms with Crippen LogP contribution in [0.5, 0.6) is 5.75 Å². The number of fused-ring (bicyclic) bond motifs is 1. The third kappa shape index (κ3) is 4.94. The van der Waals surface area contributed by atoms with Crippen LogP contribution >= 0.6 is 0 Å². The number of anilines is 2. The van der Waals surface area contributed by atoms with Gasteiger partial charge in [0, 0.05) is 23.4 Å². The average molecular weight is 538 g/mol. The Kier molecular flexibility index (Phi) is 6.59. The molecule has 4 rings (SSSR count). The number of alkyl halides is 3. The molecule has 1 aliphatic heterocycles. The molecule has 0 spiro atoms. The summed E-state index contributed by atoms with van der Waals surface area (Å²) in [5.41, 5.74) is -1.36. The van der Waals surface area contributed by atoms with Gasteiger partial charge >= 0.3 is 12.1 Å². The first kappa shape index (κ1) is 25.9. The molecule has 0 saturated heterocycles. The van der Waals surface area contributed by atoms with Crippen molar-refractivity contribution in [2.24, 2.45) is 0 Å². The predicted molar refractivity (Wildman–Crippen MR) is 124 cm³/mol. The number of carbonyl (C=O) groups is 2. The molecule has 0 atom stereocenters. The highest BCUT2D eigenvalue weighted by atomic mass is 32.2. The zero-order valence-corrected chi connectivity index (χ0v) is 19.8. The number of nitrogens with zero attached hydrogens (tertiary/aromatic N) is 1. The monoisotopic (exact) mass is 538 g/mol. The number of carboxylic acids is 1. The van der Waals surface area contributed by atoms with Crippen molar-refractivity contribution in [2.45, 2.75) is 17.5 Å². The fraction of sp³-hybridized carbons (Fsp3) is 0.167. The summed E-state index contributed by atoms with van der Waals surface area (Å²) in [6, 6.07) is 8.89. The molecular weight excluding hydrogens is 520 g/mol. The Hall–Kier alpha value is -4.13. The second kappa shape index (κ2) is 9.39. The van der Waals surface area contributed by atoms with Crippen molar-refractivity contribution in [1.29, 1.82) is 0 Å². The average Bonchev–Trinajstić information content (AvgIpc) is 3.28. The molecular formula is C24H18F4N2O6S. The molecule has 37 heavy (non-hydrogen) atoms. The molecule has 0 unspecified atom stereocenters. The summed E-state index contributed by atoms with van der Waals surface area (Å²) in [5, 5.41) is 11.3. The first-order valence-corrected chi connectivity index (χ1v) is 12.0. The van der Waals surface area contributed by atoms with Gasteiger partial charge in [-0.2, -0.15) is 13.2 Å². The largest absolute Gasteiger partial charge is 0.496 e. The number of halogens is 4. The highest BCUT2D eigenvalue weighted by molar-refractivity contribution is 7.92. The second-order valence-electron chi connectivity index (χ2n) is 7.98. The van der Waals surface area contributed by atoms with E-state index in [1.807, 2.05) is 0 Å². The lowest BCUT2D eigenvalue weighted by Crippen LogP contribution is -2.29. The van der Waals surface area contributed by atoms with E-state index in [9.17, 15) is 35.6 Å². The highest BCUT2D eigenvalue weighted by Gasteiger charge is 2.36. The molecule has 0 aliphatic carbocycles. The smallest absolute Gasteiger partial charge is 0.416 e. The van der Waals surface area contributed by atoms with Gasteiger partial charge in [0.25, 0.3) is 15.9 Å². The van der Waals surface area contributed by atoms with Gasteiger partial charge in [-0.1, -0.05) is 6.07 Å². The number of hydrogen-bond acceptors (Lipinski definition) is 5. The lowest BCUT2D eigenvalue weighted by molar-refractivity contribution is -0.137. The number of ether oxygens (including phenoxy) is 1. The van der Waals surface area contributed by atoms with Crippen molar-refractivity contribution in [3.63, 3.8) is 0 Å². The Bertz CT molecular complexity index is 1520. The number of nitrogens with one attached hydrogen (secondary N) is 1. The number of sulfonamides is 1. The maximum Gasteiger partial charge on any atom is 0.416 e. The van der Waals surface area contributed by atoms with Gasteiger partial charge < -0.3 is 15.2 Å². The van der Waals surface area contributed by atoms with E-state index in [1.54, 1.807) is 0 Å². The zero-order valence-electron chi connectivity index (χ0n) is 19.0. The molecule has 0 bridgehead atoms. The van der Waals surface area contributed by atoms with Gasteiger partial charge in [0.05, 0.1) is 28.8 Å². The fourth-order valence-corrected chi connectivity index (χ4v) is 5.47. The van der Waals surface area contributed by atoms with Gasteiger partial charge in [0.2, 0.25) is 0 Å². The number of carboxylic acid groups (broad SMARTS) is 1. The van der Waals surface area contributed by atoms with E-state index in [-0.39, 0.29) is 35.7 Å². The van der Waals surface area contributed by atoms with Crippen LogP contribution in [0.1, 0.15) is 31.8 Å². The first-order valence-electron chi connectivity index (χ1n) is 10.6. The maximum absolute atomic E-state index is 14.0. The van der Waals surface area contributed by atoms with Crippen LogP contribution in [0.2, 0.25) is 0 Å². The van der Waals surface area contributed by atoms with Gasteiger partial charge in [-0.15, -0.1) is 0 Å². The van der Waals surface area contributed by atoms with Crippen LogP contribution in [0, 0.1) is 5.82 Å². The third-order valence-corrected chi connectivity index (χ3v) is 7.52. The molecule has 0 fully saturated rings. The number of rotatable bonds is 6. The van der Waals surface area contributed by atoms with Crippen LogP contribution in [-0.4, -0.2) is 39.1 Å². The van der Waals surface area contributed by atoms with Crippen LogP contribution in [0.4, 0.5) is 28.9 Å². The molecule has 1 heterocycles. The second-order valence-corrected chi connectivity index (χ2v) is 9.85. The van der Waals surface area contributed by atoms with Gasteiger partial charge in [0.1, 0.15) is 11.6 Å².